The van der Waals surface area contributed by atoms with E-state index in [4.69, 9.17) is 4.74 Å². The van der Waals surface area contributed by atoms with Crippen LogP contribution in [0.15, 0.2) is 29.2 Å². The quantitative estimate of drug-likeness (QED) is 0.636. The number of rotatable bonds is 7. The first-order chi connectivity index (χ1) is 14.3. The smallest absolute Gasteiger partial charge is 0.251 e. The van der Waals surface area contributed by atoms with Gasteiger partial charge in [0.25, 0.3) is 5.91 Å². The molecular weight excluding hydrogens is 408 g/mol. The minimum Gasteiger partial charge on any atom is -0.379 e. The minimum absolute atomic E-state index is 0.0389. The average Bonchev–Trinajstić information content (AvgIpc) is 3.21. The van der Waals surface area contributed by atoms with Crippen molar-refractivity contribution in [3.8, 4) is 0 Å². The molecule has 0 aromatic heterocycles. The molecule has 2 amide bonds. The summed E-state index contributed by atoms with van der Waals surface area (Å²) in [6.07, 6.45) is 0.960. The highest BCUT2D eigenvalue weighted by Crippen LogP contribution is 2.18. The highest BCUT2D eigenvalue weighted by atomic mass is 32.2. The van der Waals surface area contributed by atoms with Crippen LogP contribution < -0.4 is 5.32 Å². The predicted octanol–water partition coefficient (Wildman–Crippen LogP) is -0.153. The van der Waals surface area contributed by atoms with Crippen LogP contribution in [0, 0.1) is 5.92 Å². The number of amides is 2. The van der Waals surface area contributed by atoms with E-state index in [1.807, 2.05) is 0 Å². The van der Waals surface area contributed by atoms with Crippen molar-refractivity contribution in [2.75, 3.05) is 66.6 Å². The second-order valence-electron chi connectivity index (χ2n) is 7.91. The Balaban J connectivity index is 1.49. The van der Waals surface area contributed by atoms with Gasteiger partial charge in [-0.2, -0.15) is 0 Å². The van der Waals surface area contributed by atoms with Crippen molar-refractivity contribution in [3.05, 3.63) is 29.8 Å². The molecular formula is C20H30N4O5S. The lowest BCUT2D eigenvalue weighted by Crippen LogP contribution is -2.41. The summed E-state index contributed by atoms with van der Waals surface area (Å²) < 4.78 is 30.9. The first-order valence-electron chi connectivity index (χ1n) is 10.2. The summed E-state index contributed by atoms with van der Waals surface area (Å²) in [4.78, 5) is 29.1. The van der Waals surface area contributed by atoms with Crippen molar-refractivity contribution in [1.82, 2.24) is 19.4 Å². The third kappa shape index (κ3) is 5.57. The molecule has 0 unspecified atom stereocenters. The third-order valence-electron chi connectivity index (χ3n) is 5.53. The number of hydrogen-bond acceptors (Lipinski definition) is 6. The van der Waals surface area contributed by atoms with Gasteiger partial charge in [0.1, 0.15) is 0 Å². The van der Waals surface area contributed by atoms with Gasteiger partial charge >= 0.3 is 0 Å². The molecule has 1 aromatic carbocycles. The largest absolute Gasteiger partial charge is 0.379 e. The molecule has 166 valence electrons. The fourth-order valence-electron chi connectivity index (χ4n) is 3.74. The second kappa shape index (κ2) is 9.86. The Morgan fingerprint density at radius 3 is 2.63 bits per heavy atom. The van der Waals surface area contributed by atoms with Gasteiger partial charge in [0.05, 0.1) is 24.7 Å². The van der Waals surface area contributed by atoms with E-state index in [0.29, 0.717) is 19.0 Å². The van der Waals surface area contributed by atoms with Crippen LogP contribution in [0.4, 0.5) is 0 Å². The predicted molar refractivity (Wildman–Crippen MR) is 112 cm³/mol. The summed E-state index contributed by atoms with van der Waals surface area (Å²) in [7, 11) is -0.762. The Labute approximate surface area is 178 Å². The number of ether oxygens (including phenoxy) is 1. The third-order valence-corrected chi connectivity index (χ3v) is 7.34. The zero-order valence-corrected chi connectivity index (χ0v) is 18.4. The van der Waals surface area contributed by atoms with Crippen LogP contribution in [0.3, 0.4) is 0 Å². The Bertz CT molecular complexity index is 868. The Morgan fingerprint density at radius 1 is 1.20 bits per heavy atom. The van der Waals surface area contributed by atoms with Gasteiger partial charge < -0.3 is 15.0 Å². The molecule has 1 N–H and O–H groups in total. The monoisotopic (exact) mass is 438 g/mol. The van der Waals surface area contributed by atoms with Gasteiger partial charge in [-0.3, -0.25) is 14.5 Å². The molecule has 1 atom stereocenters. The summed E-state index contributed by atoms with van der Waals surface area (Å²) in [6, 6.07) is 5.81. The molecule has 2 saturated heterocycles. The van der Waals surface area contributed by atoms with Gasteiger partial charge in [-0.1, -0.05) is 6.07 Å². The number of likely N-dealkylation sites (tertiary alicyclic amines) is 1. The van der Waals surface area contributed by atoms with Gasteiger partial charge in [0, 0.05) is 52.4 Å². The summed E-state index contributed by atoms with van der Waals surface area (Å²) in [5, 5.41) is 2.61. The summed E-state index contributed by atoms with van der Waals surface area (Å²) in [6.45, 7) is 5.65. The summed E-state index contributed by atoms with van der Waals surface area (Å²) in [5.74, 6) is -0.149. The molecule has 0 spiro atoms. The normalized spacial score (nSPS) is 20.5. The molecule has 0 aliphatic carbocycles. The maximum Gasteiger partial charge on any atom is 0.251 e. The number of nitrogens with zero attached hydrogens (tertiary/aromatic N) is 3. The maximum absolute atomic E-state index is 12.5. The molecule has 10 heteroatoms. The van der Waals surface area contributed by atoms with E-state index in [2.05, 4.69) is 10.2 Å². The van der Waals surface area contributed by atoms with E-state index in [0.717, 1.165) is 43.6 Å². The Morgan fingerprint density at radius 2 is 1.93 bits per heavy atom. The van der Waals surface area contributed by atoms with E-state index in [9.17, 15) is 18.0 Å². The lowest BCUT2D eigenvalue weighted by atomic mass is 10.1. The summed E-state index contributed by atoms with van der Waals surface area (Å²) in [5.41, 5.74) is 0.206. The van der Waals surface area contributed by atoms with Crippen molar-refractivity contribution in [1.29, 1.82) is 0 Å². The average molecular weight is 439 g/mol. The van der Waals surface area contributed by atoms with Crippen LogP contribution >= 0.6 is 0 Å². The van der Waals surface area contributed by atoms with Gasteiger partial charge in [-0.25, -0.2) is 12.7 Å². The molecule has 2 aliphatic heterocycles. The topological polar surface area (TPSA) is 99.3 Å². The number of nitrogens with one attached hydrogen (secondary N) is 1. The van der Waals surface area contributed by atoms with Crippen LogP contribution in [0.25, 0.3) is 0 Å². The summed E-state index contributed by atoms with van der Waals surface area (Å²) >= 11 is 0. The van der Waals surface area contributed by atoms with E-state index < -0.39 is 15.9 Å². The van der Waals surface area contributed by atoms with E-state index >= 15 is 0 Å². The fourth-order valence-corrected chi connectivity index (χ4v) is 4.68. The van der Waals surface area contributed by atoms with Crippen molar-refractivity contribution in [3.63, 3.8) is 0 Å². The lowest BCUT2D eigenvalue weighted by molar-refractivity contribution is -0.129. The number of morpholine rings is 1. The molecule has 3 rings (SSSR count). The fraction of sp³-hybridized carbons (Fsp3) is 0.600. The highest BCUT2D eigenvalue weighted by molar-refractivity contribution is 7.89. The van der Waals surface area contributed by atoms with Crippen LogP contribution in [-0.2, 0) is 19.6 Å². The standard InChI is InChI=1S/C20H30N4O5S/c1-22(2)30(27,28)18-5-3-4-17(12-18)20(26)21-13-19(25)24-7-6-16(15-24)14-23-8-10-29-11-9-23/h3-5,12,16H,6-11,13-15H2,1-2H3,(H,21,26)/t16-/m0/s1. The molecule has 9 nitrogen and oxygen atoms in total. The van der Waals surface area contributed by atoms with Crippen molar-refractivity contribution >= 4 is 21.8 Å². The zero-order valence-electron chi connectivity index (χ0n) is 17.5. The Kier molecular flexibility index (Phi) is 7.45. The van der Waals surface area contributed by atoms with Crippen LogP contribution in [0.2, 0.25) is 0 Å². The first-order valence-corrected chi connectivity index (χ1v) is 11.6. The SMILES string of the molecule is CN(C)S(=O)(=O)c1cccc(C(=O)NCC(=O)N2CC[C@@H](CN3CCOCC3)C2)c1. The van der Waals surface area contributed by atoms with Crippen LogP contribution in [0.5, 0.6) is 0 Å². The van der Waals surface area contributed by atoms with Gasteiger partial charge in [-0.05, 0) is 30.5 Å². The lowest BCUT2D eigenvalue weighted by Gasteiger charge is -2.29. The molecule has 2 aliphatic rings. The van der Waals surface area contributed by atoms with Gasteiger partial charge in [0.15, 0.2) is 0 Å². The van der Waals surface area contributed by atoms with E-state index in [-0.39, 0.29) is 22.9 Å². The first kappa shape index (κ1) is 22.7. The molecule has 0 bridgehead atoms. The van der Waals surface area contributed by atoms with E-state index in [1.165, 1.54) is 38.4 Å². The molecule has 0 saturated carbocycles. The molecule has 1 aromatic rings. The van der Waals surface area contributed by atoms with E-state index in [1.54, 1.807) is 4.90 Å². The maximum atomic E-state index is 12.5. The molecule has 0 radical (unpaired) electrons. The Hall–Kier alpha value is -2.01. The molecule has 30 heavy (non-hydrogen) atoms. The number of sulfonamides is 1. The van der Waals surface area contributed by atoms with Crippen LogP contribution in [0.1, 0.15) is 16.8 Å². The van der Waals surface area contributed by atoms with Crippen molar-refractivity contribution in [2.45, 2.75) is 11.3 Å². The highest BCUT2D eigenvalue weighted by Gasteiger charge is 2.28. The number of carbonyl (C=O) groups is 2. The molecule has 2 heterocycles. The van der Waals surface area contributed by atoms with Crippen molar-refractivity contribution < 1.29 is 22.7 Å². The second-order valence-corrected chi connectivity index (χ2v) is 10.1. The molecule has 2 fully saturated rings. The van der Waals surface area contributed by atoms with Crippen LogP contribution in [-0.4, -0.2) is 101 Å². The van der Waals surface area contributed by atoms with Crippen molar-refractivity contribution in [2.24, 2.45) is 5.92 Å². The van der Waals surface area contributed by atoms with Gasteiger partial charge in [0.2, 0.25) is 15.9 Å². The number of carbonyl (C=O) groups excluding carboxylic acids is 2. The zero-order chi connectivity index (χ0) is 21.7. The number of benzene rings is 1. The van der Waals surface area contributed by atoms with Gasteiger partial charge in [-0.15, -0.1) is 0 Å². The minimum atomic E-state index is -3.63. The number of hydrogen-bond donors (Lipinski definition) is 1.